The molecule has 2 saturated heterocycles. The highest BCUT2D eigenvalue weighted by Gasteiger charge is 2.35. The highest BCUT2D eigenvalue weighted by Crippen LogP contribution is 2.32. The topological polar surface area (TPSA) is 55.9 Å². The molecule has 204 valence electrons. The Morgan fingerprint density at radius 1 is 0.974 bits per heavy atom. The van der Waals surface area contributed by atoms with Gasteiger partial charge in [-0.1, -0.05) is 6.07 Å². The van der Waals surface area contributed by atoms with Crippen molar-refractivity contribution in [3.63, 3.8) is 0 Å². The second-order valence-electron chi connectivity index (χ2n) is 10.4. The zero-order chi connectivity index (χ0) is 26.9. The second kappa shape index (κ2) is 10.9. The zero-order valence-electron chi connectivity index (χ0n) is 21.1. The molecule has 1 N–H and O–H groups in total. The van der Waals surface area contributed by atoms with Crippen molar-refractivity contribution in [3.8, 4) is 0 Å². The van der Waals surface area contributed by atoms with E-state index in [0.29, 0.717) is 24.6 Å². The number of benzene rings is 2. The Balaban J connectivity index is 1.11. The Hall–Kier alpha value is -3.14. The molecule has 0 radical (unpaired) electrons. The Morgan fingerprint density at radius 2 is 1.76 bits per heavy atom. The van der Waals surface area contributed by atoms with Crippen LogP contribution in [0.25, 0.3) is 0 Å². The summed E-state index contributed by atoms with van der Waals surface area (Å²) in [7, 11) is 0. The summed E-state index contributed by atoms with van der Waals surface area (Å²) < 4.78 is 52.6. The van der Waals surface area contributed by atoms with Gasteiger partial charge in [-0.15, -0.1) is 0 Å². The molecular formula is C28H32F4N4O2. The molecule has 3 heterocycles. The highest BCUT2D eigenvalue weighted by molar-refractivity contribution is 5.99. The first-order valence-corrected chi connectivity index (χ1v) is 13.2. The van der Waals surface area contributed by atoms with Crippen molar-refractivity contribution < 1.29 is 27.2 Å². The second-order valence-corrected chi connectivity index (χ2v) is 10.4. The van der Waals surface area contributed by atoms with Gasteiger partial charge in [0.2, 0.25) is 5.91 Å². The summed E-state index contributed by atoms with van der Waals surface area (Å²) in [6, 6.07) is 10.2. The third-order valence-corrected chi connectivity index (χ3v) is 7.93. The lowest BCUT2D eigenvalue weighted by atomic mass is 9.96. The number of nitrogens with zero attached hydrogens (tertiary/aromatic N) is 3. The number of alkyl halides is 3. The van der Waals surface area contributed by atoms with Gasteiger partial charge in [-0.25, -0.2) is 4.39 Å². The average Bonchev–Trinajstić information content (AvgIpc) is 3.20. The fourth-order valence-corrected chi connectivity index (χ4v) is 5.89. The van der Waals surface area contributed by atoms with Crippen LogP contribution >= 0.6 is 0 Å². The van der Waals surface area contributed by atoms with Gasteiger partial charge < -0.3 is 15.1 Å². The molecule has 2 atom stereocenters. The predicted octanol–water partition coefficient (Wildman–Crippen LogP) is 4.09. The summed E-state index contributed by atoms with van der Waals surface area (Å²) in [4.78, 5) is 31.7. The highest BCUT2D eigenvalue weighted by atomic mass is 19.4. The molecule has 2 amide bonds. The van der Waals surface area contributed by atoms with E-state index in [2.05, 4.69) is 15.1 Å². The van der Waals surface area contributed by atoms with Gasteiger partial charge in [0.15, 0.2) is 0 Å². The van der Waals surface area contributed by atoms with Crippen molar-refractivity contribution in [3.05, 3.63) is 65.0 Å². The maximum Gasteiger partial charge on any atom is 0.416 e. The number of carbonyl (C=O) groups is 2. The first kappa shape index (κ1) is 26.5. The summed E-state index contributed by atoms with van der Waals surface area (Å²) in [5.74, 6) is -1.06. The van der Waals surface area contributed by atoms with E-state index in [1.807, 2.05) is 12.1 Å². The summed E-state index contributed by atoms with van der Waals surface area (Å²) >= 11 is 0. The minimum atomic E-state index is -4.53. The first-order valence-electron chi connectivity index (χ1n) is 13.2. The molecule has 3 aliphatic heterocycles. The Morgan fingerprint density at radius 3 is 2.53 bits per heavy atom. The fourth-order valence-electron chi connectivity index (χ4n) is 5.89. The molecule has 0 saturated carbocycles. The lowest BCUT2D eigenvalue weighted by molar-refractivity contribution is -0.137. The molecule has 2 fully saturated rings. The normalized spacial score (nSPS) is 22.8. The zero-order valence-corrected chi connectivity index (χ0v) is 21.1. The van der Waals surface area contributed by atoms with Crippen LogP contribution in [-0.2, 0) is 17.4 Å². The Bertz CT molecular complexity index is 1170. The van der Waals surface area contributed by atoms with E-state index in [1.54, 1.807) is 0 Å². The number of anilines is 1. The van der Waals surface area contributed by atoms with E-state index in [1.165, 1.54) is 23.1 Å². The summed E-state index contributed by atoms with van der Waals surface area (Å²) in [6.45, 7) is 3.56. The molecule has 0 spiro atoms. The maximum absolute atomic E-state index is 13.3. The van der Waals surface area contributed by atoms with Crippen LogP contribution in [0.2, 0.25) is 0 Å². The molecule has 38 heavy (non-hydrogen) atoms. The first-order chi connectivity index (χ1) is 18.2. The van der Waals surface area contributed by atoms with Crippen molar-refractivity contribution >= 4 is 17.5 Å². The van der Waals surface area contributed by atoms with Crippen LogP contribution < -0.4 is 10.2 Å². The SMILES string of the molecule is O=C(CN1CCc2ccc(C(F)(F)F)cc2C1=O)NC1CCN(C2CCCN(c3ccc(F)cc3)CC2)C1. The molecule has 0 bridgehead atoms. The van der Waals surface area contributed by atoms with Gasteiger partial charge in [0.1, 0.15) is 5.82 Å². The lowest BCUT2D eigenvalue weighted by Gasteiger charge is -2.29. The van der Waals surface area contributed by atoms with Crippen molar-refractivity contribution in [2.24, 2.45) is 0 Å². The molecular weight excluding hydrogens is 500 g/mol. The van der Waals surface area contributed by atoms with Crippen LogP contribution in [0.3, 0.4) is 0 Å². The van der Waals surface area contributed by atoms with Crippen LogP contribution in [0.15, 0.2) is 42.5 Å². The Kier molecular flexibility index (Phi) is 7.61. The van der Waals surface area contributed by atoms with Crippen LogP contribution in [0.5, 0.6) is 0 Å². The number of nitrogens with one attached hydrogen (secondary N) is 1. The number of rotatable bonds is 5. The molecule has 5 rings (SSSR count). The summed E-state index contributed by atoms with van der Waals surface area (Å²) in [5, 5.41) is 3.03. The van der Waals surface area contributed by atoms with E-state index in [9.17, 15) is 27.2 Å². The number of fused-ring (bicyclic) bond motifs is 1. The van der Waals surface area contributed by atoms with E-state index >= 15 is 0 Å². The molecule has 0 aromatic heterocycles. The number of carbonyl (C=O) groups excluding carboxylic acids is 2. The van der Waals surface area contributed by atoms with Crippen molar-refractivity contribution in [2.75, 3.05) is 44.2 Å². The smallest absolute Gasteiger partial charge is 0.371 e. The number of halogens is 4. The van der Waals surface area contributed by atoms with E-state index in [0.717, 1.165) is 69.7 Å². The van der Waals surface area contributed by atoms with Crippen LogP contribution in [0.4, 0.5) is 23.2 Å². The molecule has 2 unspecified atom stereocenters. The number of hydrogen-bond donors (Lipinski definition) is 1. The van der Waals surface area contributed by atoms with Crippen LogP contribution in [-0.4, -0.2) is 73.0 Å². The van der Waals surface area contributed by atoms with Gasteiger partial charge in [0.25, 0.3) is 5.91 Å². The summed E-state index contributed by atoms with van der Waals surface area (Å²) in [6.07, 6.45) is -0.223. The monoisotopic (exact) mass is 532 g/mol. The molecule has 6 nitrogen and oxygen atoms in total. The van der Waals surface area contributed by atoms with Gasteiger partial charge in [-0.05, 0) is 74.1 Å². The third kappa shape index (κ3) is 5.95. The van der Waals surface area contributed by atoms with Gasteiger partial charge in [0, 0.05) is 56.1 Å². The molecule has 3 aliphatic rings. The number of likely N-dealkylation sites (tertiary alicyclic amines) is 1. The number of amides is 2. The van der Waals surface area contributed by atoms with Crippen molar-refractivity contribution in [2.45, 2.75) is 50.4 Å². The van der Waals surface area contributed by atoms with Gasteiger partial charge in [-0.3, -0.25) is 14.5 Å². The fraction of sp³-hybridized carbons (Fsp3) is 0.500. The molecule has 2 aromatic carbocycles. The van der Waals surface area contributed by atoms with Crippen molar-refractivity contribution in [1.29, 1.82) is 0 Å². The Labute approximate surface area is 219 Å². The lowest BCUT2D eigenvalue weighted by Crippen LogP contribution is -2.47. The average molecular weight is 533 g/mol. The quantitative estimate of drug-likeness (QED) is 0.590. The number of hydrogen-bond acceptors (Lipinski definition) is 4. The predicted molar refractivity (Wildman–Crippen MR) is 135 cm³/mol. The van der Waals surface area contributed by atoms with Crippen molar-refractivity contribution in [1.82, 2.24) is 15.1 Å². The molecule has 2 aromatic rings. The minimum Gasteiger partial charge on any atom is -0.371 e. The van der Waals surface area contributed by atoms with Gasteiger partial charge >= 0.3 is 6.18 Å². The molecule has 0 aliphatic carbocycles. The van der Waals surface area contributed by atoms with Crippen LogP contribution in [0.1, 0.15) is 47.2 Å². The molecule has 10 heteroatoms. The van der Waals surface area contributed by atoms with Gasteiger partial charge in [-0.2, -0.15) is 13.2 Å². The van der Waals surface area contributed by atoms with E-state index in [4.69, 9.17) is 0 Å². The summed E-state index contributed by atoms with van der Waals surface area (Å²) in [5.41, 5.74) is 0.769. The largest absolute Gasteiger partial charge is 0.416 e. The van der Waals surface area contributed by atoms with Gasteiger partial charge in [0.05, 0.1) is 12.1 Å². The maximum atomic E-state index is 13.3. The third-order valence-electron chi connectivity index (χ3n) is 7.93. The van der Waals surface area contributed by atoms with Crippen LogP contribution in [0, 0.1) is 5.82 Å². The minimum absolute atomic E-state index is 0.0222. The van der Waals surface area contributed by atoms with E-state index < -0.39 is 17.6 Å². The van der Waals surface area contributed by atoms with E-state index in [-0.39, 0.29) is 29.9 Å². The standard InChI is InChI=1S/C28H32F4N4O2/c29-21-5-7-24(8-6-21)34-12-1-2-23(11-15-34)35-14-10-22(17-35)33-26(37)18-36-13-9-19-3-4-20(28(30,31)32)16-25(19)27(36)38/h3-8,16,22-23H,1-2,9-15,17-18H2,(H,33,37).